The van der Waals surface area contributed by atoms with Crippen LogP contribution in [0.4, 0.5) is 5.13 Å². The highest BCUT2D eigenvalue weighted by Crippen LogP contribution is 2.21. The van der Waals surface area contributed by atoms with Gasteiger partial charge in [-0.25, -0.2) is 4.98 Å². The largest absolute Gasteiger partial charge is 0.469 e. The number of carbonyl (C=O) groups excluding carboxylic acids is 1. The summed E-state index contributed by atoms with van der Waals surface area (Å²) in [5.41, 5.74) is 0. The van der Waals surface area contributed by atoms with Crippen LogP contribution in [0.3, 0.4) is 0 Å². The van der Waals surface area contributed by atoms with Crippen LogP contribution in [0.2, 0.25) is 0 Å². The lowest BCUT2D eigenvalue weighted by molar-refractivity contribution is -0.144. The van der Waals surface area contributed by atoms with Gasteiger partial charge in [0, 0.05) is 31.0 Å². The minimum atomic E-state index is -0.203. The molecule has 6 heteroatoms. The first kappa shape index (κ1) is 13.9. The first-order chi connectivity index (χ1) is 7.95. The van der Waals surface area contributed by atoms with Crippen molar-refractivity contribution in [3.63, 3.8) is 0 Å². The van der Waals surface area contributed by atoms with E-state index in [1.807, 2.05) is 18.9 Å². The third-order valence-corrected chi connectivity index (χ3v) is 3.27. The Hall–Kier alpha value is -1.17. The normalized spacial score (nSPS) is 12.6. The molecular weight excluding hydrogens is 238 g/mol. The van der Waals surface area contributed by atoms with Crippen LogP contribution in [-0.2, 0) is 9.53 Å². The van der Waals surface area contributed by atoms with Crippen molar-refractivity contribution in [3.8, 4) is 0 Å². The van der Waals surface area contributed by atoms with Gasteiger partial charge < -0.3 is 9.64 Å². The third kappa shape index (κ3) is 3.66. The number of hydrogen-bond donors (Lipinski definition) is 0. The number of anilines is 1. The number of carbonyl (C=O) groups is 1. The highest BCUT2D eigenvalue weighted by atomic mass is 32.1. The second-order valence-corrected chi connectivity index (χ2v) is 5.12. The smallest absolute Gasteiger partial charge is 0.310 e. The van der Waals surface area contributed by atoms with Crippen molar-refractivity contribution in [1.82, 2.24) is 9.36 Å². The fourth-order valence-electron chi connectivity index (χ4n) is 1.38. The number of hydrogen-bond acceptors (Lipinski definition) is 6. The summed E-state index contributed by atoms with van der Waals surface area (Å²) in [6.07, 6.45) is 0. The first-order valence-corrected chi connectivity index (χ1v) is 6.35. The van der Waals surface area contributed by atoms with E-state index < -0.39 is 0 Å². The fourth-order valence-corrected chi connectivity index (χ4v) is 2.16. The zero-order valence-electron chi connectivity index (χ0n) is 10.9. The maximum atomic E-state index is 11.3. The van der Waals surface area contributed by atoms with Gasteiger partial charge in [-0.05, 0) is 0 Å². The van der Waals surface area contributed by atoms with Gasteiger partial charge in [-0.3, -0.25) is 4.79 Å². The van der Waals surface area contributed by atoms with Crippen LogP contribution in [0, 0.1) is 5.92 Å². The van der Waals surface area contributed by atoms with Crippen molar-refractivity contribution in [3.05, 3.63) is 5.82 Å². The van der Waals surface area contributed by atoms with E-state index in [1.54, 1.807) is 0 Å². The molecule has 0 radical (unpaired) electrons. The Bertz CT molecular complexity index is 379. The predicted octanol–water partition coefficient (Wildman–Crippen LogP) is 1.91. The Morgan fingerprint density at radius 1 is 1.47 bits per heavy atom. The van der Waals surface area contributed by atoms with Gasteiger partial charge in [-0.1, -0.05) is 20.8 Å². The van der Waals surface area contributed by atoms with E-state index in [9.17, 15) is 4.79 Å². The van der Waals surface area contributed by atoms with E-state index in [0.29, 0.717) is 12.5 Å². The summed E-state index contributed by atoms with van der Waals surface area (Å²) in [6.45, 7) is 6.54. The quantitative estimate of drug-likeness (QED) is 0.754. The molecule has 0 bridgehead atoms. The maximum absolute atomic E-state index is 11.3. The summed E-state index contributed by atoms with van der Waals surface area (Å²) in [4.78, 5) is 17.7. The van der Waals surface area contributed by atoms with E-state index in [-0.39, 0.29) is 11.9 Å². The molecule has 0 spiro atoms. The molecule has 0 aromatic carbocycles. The number of aromatic nitrogens is 2. The van der Waals surface area contributed by atoms with Crippen molar-refractivity contribution in [2.75, 3.05) is 25.6 Å². The lowest BCUT2D eigenvalue weighted by atomic mass is 10.2. The molecule has 0 amide bonds. The molecule has 1 rings (SSSR count). The number of esters is 1. The van der Waals surface area contributed by atoms with Crippen molar-refractivity contribution in [1.29, 1.82) is 0 Å². The van der Waals surface area contributed by atoms with Crippen LogP contribution < -0.4 is 4.90 Å². The van der Waals surface area contributed by atoms with Gasteiger partial charge in [0.15, 0.2) is 0 Å². The van der Waals surface area contributed by atoms with Crippen LogP contribution in [0.15, 0.2) is 0 Å². The second-order valence-electron chi connectivity index (χ2n) is 4.39. The molecule has 0 aliphatic rings. The molecule has 1 unspecified atom stereocenters. The van der Waals surface area contributed by atoms with Crippen LogP contribution in [0.25, 0.3) is 0 Å². The van der Waals surface area contributed by atoms with Crippen LogP contribution >= 0.6 is 11.5 Å². The van der Waals surface area contributed by atoms with E-state index in [4.69, 9.17) is 4.74 Å². The summed E-state index contributed by atoms with van der Waals surface area (Å²) in [5, 5.41) is 0.837. The standard InChI is InChI=1S/C11H19N3O2S/c1-7(2)9-12-11(17-13-9)14(4)6-8(3)10(15)16-5/h7-8H,6H2,1-5H3. The third-order valence-electron chi connectivity index (χ3n) is 2.43. The van der Waals surface area contributed by atoms with E-state index in [0.717, 1.165) is 11.0 Å². The zero-order chi connectivity index (χ0) is 13.0. The predicted molar refractivity (Wildman–Crippen MR) is 68.4 cm³/mol. The zero-order valence-corrected chi connectivity index (χ0v) is 11.7. The number of methoxy groups -OCH3 is 1. The summed E-state index contributed by atoms with van der Waals surface area (Å²) < 4.78 is 8.98. The summed E-state index contributed by atoms with van der Waals surface area (Å²) in [6, 6.07) is 0. The molecule has 1 heterocycles. The lowest BCUT2D eigenvalue weighted by Crippen LogP contribution is -2.29. The monoisotopic (exact) mass is 257 g/mol. The molecule has 0 N–H and O–H groups in total. The van der Waals surface area contributed by atoms with Gasteiger partial charge in [0.05, 0.1) is 13.0 Å². The lowest BCUT2D eigenvalue weighted by Gasteiger charge is -2.18. The molecule has 17 heavy (non-hydrogen) atoms. The molecular formula is C11H19N3O2S. The number of rotatable bonds is 5. The van der Waals surface area contributed by atoms with Crippen molar-refractivity contribution in [2.24, 2.45) is 5.92 Å². The molecule has 1 atom stereocenters. The Labute approximate surface area is 106 Å². The molecule has 1 aromatic heterocycles. The summed E-state index contributed by atoms with van der Waals surface area (Å²) in [7, 11) is 3.31. The van der Waals surface area contributed by atoms with Crippen LogP contribution in [0.5, 0.6) is 0 Å². The van der Waals surface area contributed by atoms with Gasteiger partial charge in [-0.15, -0.1) is 0 Å². The molecule has 0 saturated heterocycles. The number of ether oxygens (including phenoxy) is 1. The minimum absolute atomic E-state index is 0.170. The Morgan fingerprint density at radius 2 is 2.12 bits per heavy atom. The average Bonchev–Trinajstić information content (AvgIpc) is 2.77. The van der Waals surface area contributed by atoms with Crippen LogP contribution in [-0.4, -0.2) is 36.0 Å². The van der Waals surface area contributed by atoms with Crippen LogP contribution in [0.1, 0.15) is 32.5 Å². The van der Waals surface area contributed by atoms with Crippen molar-refractivity contribution >= 4 is 22.6 Å². The topological polar surface area (TPSA) is 55.3 Å². The fraction of sp³-hybridized carbons (Fsp3) is 0.727. The summed E-state index contributed by atoms with van der Waals surface area (Å²) in [5.74, 6) is 0.802. The first-order valence-electron chi connectivity index (χ1n) is 5.58. The van der Waals surface area contributed by atoms with E-state index in [1.165, 1.54) is 18.6 Å². The molecule has 0 aliphatic heterocycles. The Kier molecular flexibility index (Phi) is 4.86. The van der Waals surface area contributed by atoms with Crippen molar-refractivity contribution < 1.29 is 9.53 Å². The maximum Gasteiger partial charge on any atom is 0.310 e. The molecule has 96 valence electrons. The molecule has 0 fully saturated rings. The molecule has 0 saturated carbocycles. The molecule has 0 aliphatic carbocycles. The van der Waals surface area contributed by atoms with Gasteiger partial charge in [-0.2, -0.15) is 4.37 Å². The van der Waals surface area contributed by atoms with Gasteiger partial charge in [0.25, 0.3) is 0 Å². The van der Waals surface area contributed by atoms with E-state index in [2.05, 4.69) is 23.2 Å². The second kappa shape index (κ2) is 5.95. The average molecular weight is 257 g/mol. The highest BCUT2D eigenvalue weighted by Gasteiger charge is 2.18. The van der Waals surface area contributed by atoms with Gasteiger partial charge in [0.2, 0.25) is 5.13 Å². The van der Waals surface area contributed by atoms with Gasteiger partial charge >= 0.3 is 5.97 Å². The van der Waals surface area contributed by atoms with E-state index >= 15 is 0 Å². The highest BCUT2D eigenvalue weighted by molar-refractivity contribution is 7.09. The number of nitrogens with zero attached hydrogens (tertiary/aromatic N) is 3. The van der Waals surface area contributed by atoms with Gasteiger partial charge in [0.1, 0.15) is 5.82 Å². The Balaban J connectivity index is 2.63. The minimum Gasteiger partial charge on any atom is -0.469 e. The molecule has 1 aromatic rings. The van der Waals surface area contributed by atoms with Crippen molar-refractivity contribution in [2.45, 2.75) is 26.7 Å². The SMILES string of the molecule is COC(=O)C(C)CN(C)c1nc(C(C)C)ns1. The summed E-state index contributed by atoms with van der Waals surface area (Å²) >= 11 is 1.36. The molecule has 5 nitrogen and oxygen atoms in total. The Morgan fingerprint density at radius 3 is 2.59 bits per heavy atom.